The van der Waals surface area contributed by atoms with Crippen LogP contribution in [0.5, 0.6) is 0 Å². The zero-order chi connectivity index (χ0) is 15.6. The minimum Gasteiger partial charge on any atom is -0.481 e. The highest BCUT2D eigenvalue weighted by Crippen LogP contribution is 2.40. The summed E-state index contributed by atoms with van der Waals surface area (Å²) in [5, 5.41) is 28.8. The third kappa shape index (κ3) is 4.18. The molecule has 1 saturated heterocycles. The first-order valence-corrected chi connectivity index (χ1v) is 6.95. The van der Waals surface area contributed by atoms with Gasteiger partial charge in [0.2, 0.25) is 0 Å². The van der Waals surface area contributed by atoms with Gasteiger partial charge in [0, 0.05) is 19.6 Å². The van der Waals surface area contributed by atoms with Crippen LogP contribution in [0.2, 0.25) is 0 Å². The second-order valence-corrected chi connectivity index (χ2v) is 6.73. The summed E-state index contributed by atoms with van der Waals surface area (Å²) in [5.74, 6) is -2.64. The fourth-order valence-corrected chi connectivity index (χ4v) is 3.11. The lowest BCUT2D eigenvalue weighted by atomic mass is 9.67. The predicted molar refractivity (Wildman–Crippen MR) is 73.5 cm³/mol. The molecule has 0 bridgehead atoms. The van der Waals surface area contributed by atoms with Crippen molar-refractivity contribution in [3.63, 3.8) is 0 Å². The lowest BCUT2D eigenvalue weighted by molar-refractivity contribution is -0.166. The third-order valence-electron chi connectivity index (χ3n) is 4.01. The number of aliphatic hydroxyl groups is 1. The average molecular weight is 287 g/mol. The molecule has 0 aromatic carbocycles. The highest BCUT2D eigenvalue weighted by molar-refractivity contribution is 5.72. The van der Waals surface area contributed by atoms with Gasteiger partial charge in [-0.3, -0.25) is 9.59 Å². The van der Waals surface area contributed by atoms with Crippen molar-refractivity contribution < 1.29 is 24.9 Å². The van der Waals surface area contributed by atoms with Gasteiger partial charge >= 0.3 is 11.9 Å². The first-order valence-electron chi connectivity index (χ1n) is 6.95. The van der Waals surface area contributed by atoms with Crippen molar-refractivity contribution in [2.75, 3.05) is 19.6 Å². The fraction of sp³-hybridized carbons (Fsp3) is 0.857. The lowest BCUT2D eigenvalue weighted by Crippen LogP contribution is -2.55. The number of hydrogen-bond donors (Lipinski definition) is 3. The highest BCUT2D eigenvalue weighted by Gasteiger charge is 2.49. The van der Waals surface area contributed by atoms with Gasteiger partial charge in [-0.05, 0) is 18.3 Å². The SMILES string of the molecule is CC(C)(C)C(C(=O)O)C1(O)CCN(CCC(=O)O)CC1. The molecule has 6 nitrogen and oxygen atoms in total. The number of hydrogen-bond acceptors (Lipinski definition) is 4. The predicted octanol–water partition coefficient (Wildman–Crippen LogP) is 1.03. The van der Waals surface area contributed by atoms with Crippen LogP contribution < -0.4 is 0 Å². The van der Waals surface area contributed by atoms with Gasteiger partial charge in [-0.1, -0.05) is 20.8 Å². The summed E-state index contributed by atoms with van der Waals surface area (Å²) in [6.45, 7) is 6.97. The molecule has 0 radical (unpaired) electrons. The van der Waals surface area contributed by atoms with Crippen LogP contribution in [0.4, 0.5) is 0 Å². The van der Waals surface area contributed by atoms with E-state index in [2.05, 4.69) is 0 Å². The van der Waals surface area contributed by atoms with Crippen LogP contribution in [0.15, 0.2) is 0 Å². The van der Waals surface area contributed by atoms with Crippen molar-refractivity contribution in [2.24, 2.45) is 11.3 Å². The van der Waals surface area contributed by atoms with Gasteiger partial charge in [0.25, 0.3) is 0 Å². The van der Waals surface area contributed by atoms with Crippen molar-refractivity contribution in [1.82, 2.24) is 4.90 Å². The minimum absolute atomic E-state index is 0.0695. The maximum Gasteiger partial charge on any atom is 0.309 e. The Hall–Kier alpha value is -1.14. The fourth-order valence-electron chi connectivity index (χ4n) is 3.11. The molecule has 3 N–H and O–H groups in total. The van der Waals surface area contributed by atoms with E-state index in [4.69, 9.17) is 5.11 Å². The quantitative estimate of drug-likeness (QED) is 0.699. The van der Waals surface area contributed by atoms with Gasteiger partial charge in [0.15, 0.2) is 0 Å². The second-order valence-electron chi connectivity index (χ2n) is 6.73. The maximum atomic E-state index is 11.5. The lowest BCUT2D eigenvalue weighted by Gasteiger charge is -2.45. The Balaban J connectivity index is 2.69. The number of nitrogens with zero attached hydrogens (tertiary/aromatic N) is 1. The molecule has 6 heteroatoms. The molecule has 0 aromatic rings. The molecule has 0 aliphatic carbocycles. The van der Waals surface area contributed by atoms with Crippen LogP contribution in [0.1, 0.15) is 40.0 Å². The van der Waals surface area contributed by atoms with Gasteiger partial charge in [0.1, 0.15) is 0 Å². The van der Waals surface area contributed by atoms with Crippen molar-refractivity contribution in [3.05, 3.63) is 0 Å². The summed E-state index contributed by atoms with van der Waals surface area (Å²) >= 11 is 0. The van der Waals surface area contributed by atoms with E-state index in [-0.39, 0.29) is 6.42 Å². The topological polar surface area (TPSA) is 98.1 Å². The number of likely N-dealkylation sites (tertiary alicyclic amines) is 1. The number of piperidine rings is 1. The molecule has 0 saturated carbocycles. The molecule has 1 atom stereocenters. The molecular formula is C14H25NO5. The minimum atomic E-state index is -1.22. The van der Waals surface area contributed by atoms with Crippen molar-refractivity contribution in [2.45, 2.75) is 45.6 Å². The summed E-state index contributed by atoms with van der Waals surface area (Å²) in [5.41, 5.74) is -1.74. The van der Waals surface area contributed by atoms with Crippen molar-refractivity contribution in [1.29, 1.82) is 0 Å². The molecule has 1 aliphatic heterocycles. The zero-order valence-corrected chi connectivity index (χ0v) is 12.4. The largest absolute Gasteiger partial charge is 0.481 e. The number of carboxylic acid groups (broad SMARTS) is 2. The normalized spacial score (nSPS) is 21.4. The molecular weight excluding hydrogens is 262 g/mol. The number of aliphatic carboxylic acids is 2. The van der Waals surface area contributed by atoms with Crippen LogP contribution in [0.25, 0.3) is 0 Å². The summed E-state index contributed by atoms with van der Waals surface area (Å²) in [6.07, 6.45) is 0.793. The van der Waals surface area contributed by atoms with E-state index < -0.39 is 28.9 Å². The van der Waals surface area contributed by atoms with Crippen LogP contribution in [0.3, 0.4) is 0 Å². The average Bonchev–Trinajstić information content (AvgIpc) is 2.25. The van der Waals surface area contributed by atoms with Crippen LogP contribution in [-0.4, -0.2) is 57.4 Å². The summed E-state index contributed by atoms with van der Waals surface area (Å²) in [7, 11) is 0. The molecule has 1 heterocycles. The van der Waals surface area contributed by atoms with E-state index in [0.717, 1.165) is 0 Å². The molecule has 20 heavy (non-hydrogen) atoms. The van der Waals surface area contributed by atoms with Gasteiger partial charge < -0.3 is 20.2 Å². The Bertz CT molecular complexity index is 366. The smallest absolute Gasteiger partial charge is 0.309 e. The van der Waals surface area contributed by atoms with E-state index in [1.54, 1.807) is 0 Å². The van der Waals surface area contributed by atoms with Gasteiger partial charge in [-0.25, -0.2) is 0 Å². The van der Waals surface area contributed by atoms with E-state index >= 15 is 0 Å². The summed E-state index contributed by atoms with van der Waals surface area (Å²) in [6, 6.07) is 0. The van der Waals surface area contributed by atoms with E-state index in [9.17, 15) is 19.8 Å². The van der Waals surface area contributed by atoms with Gasteiger partial charge in [-0.15, -0.1) is 0 Å². The standard InChI is InChI=1S/C14H25NO5/c1-13(2,3)11(12(18)19)14(20)5-8-15(9-6-14)7-4-10(16)17/h11,20H,4-9H2,1-3H3,(H,16,17)(H,18,19). The number of rotatable bonds is 5. The van der Waals surface area contributed by atoms with Gasteiger partial charge in [-0.2, -0.15) is 0 Å². The first kappa shape index (κ1) is 16.9. The second kappa shape index (κ2) is 6.10. The number of carboxylic acids is 2. The third-order valence-corrected chi connectivity index (χ3v) is 4.01. The van der Waals surface area contributed by atoms with E-state index in [0.29, 0.717) is 32.5 Å². The molecule has 116 valence electrons. The Morgan fingerprint density at radius 1 is 1.20 bits per heavy atom. The number of carbonyl (C=O) groups is 2. The van der Waals surface area contributed by atoms with E-state index in [1.807, 2.05) is 25.7 Å². The Morgan fingerprint density at radius 3 is 2.05 bits per heavy atom. The molecule has 1 fully saturated rings. The highest BCUT2D eigenvalue weighted by atomic mass is 16.4. The molecule has 0 spiro atoms. The monoisotopic (exact) mass is 287 g/mol. The van der Waals surface area contributed by atoms with E-state index in [1.165, 1.54) is 0 Å². The summed E-state index contributed by atoms with van der Waals surface area (Å²) in [4.78, 5) is 24.0. The van der Waals surface area contributed by atoms with Crippen molar-refractivity contribution in [3.8, 4) is 0 Å². The van der Waals surface area contributed by atoms with Gasteiger partial charge in [0.05, 0.1) is 17.9 Å². The first-order chi connectivity index (χ1) is 9.06. The molecule has 1 rings (SSSR count). The zero-order valence-electron chi connectivity index (χ0n) is 12.4. The van der Waals surface area contributed by atoms with Crippen LogP contribution in [0, 0.1) is 11.3 Å². The summed E-state index contributed by atoms with van der Waals surface area (Å²) < 4.78 is 0. The van der Waals surface area contributed by atoms with Crippen LogP contribution >= 0.6 is 0 Å². The molecule has 1 aliphatic rings. The Kier molecular flexibility index (Phi) is 5.15. The molecule has 0 aromatic heterocycles. The molecule has 0 amide bonds. The molecule has 1 unspecified atom stereocenters. The van der Waals surface area contributed by atoms with Crippen LogP contribution in [-0.2, 0) is 9.59 Å². The maximum absolute atomic E-state index is 11.5. The Labute approximate surface area is 119 Å². The van der Waals surface area contributed by atoms with Crippen molar-refractivity contribution >= 4 is 11.9 Å². The Morgan fingerprint density at radius 2 is 1.70 bits per heavy atom.